The molecule has 38 heavy (non-hydrogen) atoms. The van der Waals surface area contributed by atoms with Gasteiger partial charge in [-0.1, -0.05) is 30.7 Å². The topological polar surface area (TPSA) is 48.1 Å². The number of rotatable bonds is 11. The molecule has 208 valence electrons. The molecule has 0 aromatic heterocycles. The zero-order valence-corrected chi connectivity index (χ0v) is 23.2. The van der Waals surface area contributed by atoms with Gasteiger partial charge in [0.25, 0.3) is 0 Å². The average molecular weight is 525 g/mol. The highest BCUT2D eigenvalue weighted by molar-refractivity contribution is 5.74. The Morgan fingerprint density at radius 2 is 1.53 bits per heavy atom. The second-order valence-electron chi connectivity index (χ2n) is 11.1. The van der Waals surface area contributed by atoms with E-state index in [1.54, 1.807) is 12.1 Å². The van der Waals surface area contributed by atoms with Crippen LogP contribution in [0.2, 0.25) is 0 Å². The number of carbonyl (C=O) groups is 1. The number of likely N-dealkylation sites (tertiary alicyclic amines) is 2. The van der Waals surface area contributed by atoms with Crippen molar-refractivity contribution in [1.29, 1.82) is 0 Å². The minimum Gasteiger partial charge on any atom is -0.491 e. The zero-order valence-electron chi connectivity index (χ0n) is 23.2. The van der Waals surface area contributed by atoms with E-state index in [4.69, 9.17) is 4.74 Å². The number of amides is 2. The van der Waals surface area contributed by atoms with Crippen LogP contribution in [0.4, 0.5) is 9.18 Å². The van der Waals surface area contributed by atoms with E-state index in [0.717, 1.165) is 49.4 Å². The predicted molar refractivity (Wildman–Crippen MR) is 151 cm³/mol. The molecule has 2 fully saturated rings. The first kappa shape index (κ1) is 28.4. The van der Waals surface area contributed by atoms with E-state index < -0.39 is 0 Å². The normalized spacial score (nSPS) is 17.5. The Labute approximate surface area is 228 Å². The molecule has 2 saturated heterocycles. The van der Waals surface area contributed by atoms with Gasteiger partial charge in [0.2, 0.25) is 0 Å². The number of halogens is 1. The molecule has 7 heteroatoms. The van der Waals surface area contributed by atoms with E-state index in [2.05, 4.69) is 15.1 Å². The van der Waals surface area contributed by atoms with Crippen LogP contribution in [0, 0.1) is 5.82 Å². The lowest BCUT2D eigenvalue weighted by molar-refractivity contribution is 0.112. The number of benzene rings is 2. The lowest BCUT2D eigenvalue weighted by Gasteiger charge is -2.39. The standard InChI is InChI=1S/C31H45FN4O2/c1-25(2)38-30-13-9-26(10-14-30)23-33-31(37)36(24-27-7-11-28(32)12-8-27)29-15-21-35(22-16-29)20-6-19-34-17-4-3-5-18-34/h7-14,25,29H,3-6,15-24H2,1-2H3,(H,33,37). The molecule has 0 atom stereocenters. The molecule has 0 radical (unpaired) electrons. The summed E-state index contributed by atoms with van der Waals surface area (Å²) in [7, 11) is 0. The number of urea groups is 1. The smallest absolute Gasteiger partial charge is 0.318 e. The van der Waals surface area contributed by atoms with Gasteiger partial charge in [0, 0.05) is 32.2 Å². The van der Waals surface area contributed by atoms with Crippen LogP contribution >= 0.6 is 0 Å². The summed E-state index contributed by atoms with van der Waals surface area (Å²) in [6.45, 7) is 11.8. The van der Waals surface area contributed by atoms with Gasteiger partial charge < -0.3 is 24.8 Å². The molecule has 0 bridgehead atoms. The first-order valence-corrected chi connectivity index (χ1v) is 14.5. The molecule has 2 amide bonds. The van der Waals surface area contributed by atoms with Gasteiger partial charge in [0.1, 0.15) is 11.6 Å². The molecule has 1 N–H and O–H groups in total. The minimum absolute atomic E-state index is 0.0691. The summed E-state index contributed by atoms with van der Waals surface area (Å²) >= 11 is 0. The third-order valence-electron chi connectivity index (χ3n) is 7.66. The molecule has 2 aromatic carbocycles. The van der Waals surface area contributed by atoms with Crippen LogP contribution in [0.25, 0.3) is 0 Å². The molecular formula is C31H45FN4O2. The Hall–Kier alpha value is -2.64. The van der Waals surface area contributed by atoms with Crippen molar-refractivity contribution in [3.05, 3.63) is 65.5 Å². The Morgan fingerprint density at radius 3 is 2.16 bits per heavy atom. The van der Waals surface area contributed by atoms with Gasteiger partial charge in [0.05, 0.1) is 6.10 Å². The molecular weight excluding hydrogens is 479 g/mol. The van der Waals surface area contributed by atoms with E-state index >= 15 is 0 Å². The van der Waals surface area contributed by atoms with E-state index in [9.17, 15) is 9.18 Å². The van der Waals surface area contributed by atoms with Crippen LogP contribution in [-0.4, -0.2) is 72.1 Å². The first-order valence-electron chi connectivity index (χ1n) is 14.5. The van der Waals surface area contributed by atoms with E-state index in [-0.39, 0.29) is 24.0 Å². The van der Waals surface area contributed by atoms with Crippen LogP contribution in [0.1, 0.15) is 63.5 Å². The quantitative estimate of drug-likeness (QED) is 0.412. The molecule has 2 heterocycles. The largest absolute Gasteiger partial charge is 0.491 e. The van der Waals surface area contributed by atoms with E-state index in [1.807, 2.05) is 43.0 Å². The maximum Gasteiger partial charge on any atom is 0.318 e. The van der Waals surface area contributed by atoms with Crippen LogP contribution < -0.4 is 10.1 Å². The second-order valence-corrected chi connectivity index (χ2v) is 11.1. The van der Waals surface area contributed by atoms with Gasteiger partial charge in [-0.2, -0.15) is 0 Å². The molecule has 0 saturated carbocycles. The number of piperidine rings is 2. The number of hydrogen-bond donors (Lipinski definition) is 1. The molecule has 0 spiro atoms. The summed E-state index contributed by atoms with van der Waals surface area (Å²) in [6.07, 6.45) is 7.32. The summed E-state index contributed by atoms with van der Waals surface area (Å²) in [5.41, 5.74) is 1.97. The molecule has 0 unspecified atom stereocenters. The van der Waals surface area contributed by atoms with Gasteiger partial charge in [0.15, 0.2) is 0 Å². The minimum atomic E-state index is -0.257. The highest BCUT2D eigenvalue weighted by Crippen LogP contribution is 2.21. The van der Waals surface area contributed by atoms with Crippen molar-refractivity contribution in [2.75, 3.05) is 39.3 Å². The molecule has 2 aromatic rings. The molecule has 4 rings (SSSR count). The number of carbonyl (C=O) groups excluding carboxylic acids is 1. The number of nitrogens with zero attached hydrogens (tertiary/aromatic N) is 3. The third kappa shape index (κ3) is 8.98. The lowest BCUT2D eigenvalue weighted by Crippen LogP contribution is -2.50. The maximum atomic E-state index is 13.5. The van der Waals surface area contributed by atoms with Crippen molar-refractivity contribution in [2.45, 2.75) is 77.6 Å². The van der Waals surface area contributed by atoms with Crippen molar-refractivity contribution in [3.63, 3.8) is 0 Å². The average Bonchev–Trinajstić information content (AvgIpc) is 2.93. The second kappa shape index (κ2) is 14.5. The van der Waals surface area contributed by atoms with Crippen LogP contribution in [0.5, 0.6) is 5.75 Å². The monoisotopic (exact) mass is 524 g/mol. The summed E-state index contributed by atoms with van der Waals surface area (Å²) in [5.74, 6) is 0.572. The lowest BCUT2D eigenvalue weighted by atomic mass is 10.0. The Balaban J connectivity index is 1.30. The Kier molecular flexibility index (Phi) is 10.8. The Morgan fingerprint density at radius 1 is 0.921 bits per heavy atom. The fraction of sp³-hybridized carbons (Fsp3) is 0.581. The van der Waals surface area contributed by atoms with Gasteiger partial charge in [-0.15, -0.1) is 0 Å². The summed E-state index contributed by atoms with van der Waals surface area (Å²) in [6, 6.07) is 14.5. The summed E-state index contributed by atoms with van der Waals surface area (Å²) in [5, 5.41) is 3.12. The zero-order chi connectivity index (χ0) is 26.7. The molecule has 0 aliphatic carbocycles. The SMILES string of the molecule is CC(C)Oc1ccc(CNC(=O)N(Cc2ccc(F)cc2)C2CCN(CCCN3CCCCC3)CC2)cc1. The van der Waals surface area contributed by atoms with Gasteiger partial charge in [-0.25, -0.2) is 9.18 Å². The van der Waals surface area contributed by atoms with Crippen molar-refractivity contribution in [3.8, 4) is 5.75 Å². The number of hydrogen-bond acceptors (Lipinski definition) is 4. The predicted octanol–water partition coefficient (Wildman–Crippen LogP) is 5.67. The van der Waals surface area contributed by atoms with Gasteiger partial charge >= 0.3 is 6.03 Å². The van der Waals surface area contributed by atoms with Crippen molar-refractivity contribution in [1.82, 2.24) is 20.0 Å². The number of ether oxygens (including phenoxy) is 1. The van der Waals surface area contributed by atoms with Crippen molar-refractivity contribution >= 4 is 6.03 Å². The fourth-order valence-electron chi connectivity index (χ4n) is 5.55. The van der Waals surface area contributed by atoms with Gasteiger partial charge in [-0.05, 0) is 108 Å². The highest BCUT2D eigenvalue weighted by Gasteiger charge is 2.28. The highest BCUT2D eigenvalue weighted by atomic mass is 19.1. The van der Waals surface area contributed by atoms with Crippen LogP contribution in [0.15, 0.2) is 48.5 Å². The molecule has 2 aliphatic rings. The Bertz CT molecular complexity index is 968. The van der Waals surface area contributed by atoms with Crippen LogP contribution in [-0.2, 0) is 13.1 Å². The van der Waals surface area contributed by atoms with Crippen molar-refractivity contribution < 1.29 is 13.9 Å². The van der Waals surface area contributed by atoms with E-state index in [0.29, 0.717) is 13.1 Å². The van der Waals surface area contributed by atoms with Crippen molar-refractivity contribution in [2.24, 2.45) is 0 Å². The van der Waals surface area contributed by atoms with Crippen LogP contribution in [0.3, 0.4) is 0 Å². The molecule has 2 aliphatic heterocycles. The first-order chi connectivity index (χ1) is 18.5. The number of nitrogens with one attached hydrogen (secondary N) is 1. The summed E-state index contributed by atoms with van der Waals surface area (Å²) in [4.78, 5) is 20.5. The third-order valence-corrected chi connectivity index (χ3v) is 7.66. The maximum absolute atomic E-state index is 13.5. The summed E-state index contributed by atoms with van der Waals surface area (Å²) < 4.78 is 19.2. The van der Waals surface area contributed by atoms with Gasteiger partial charge in [-0.3, -0.25) is 0 Å². The van der Waals surface area contributed by atoms with E-state index in [1.165, 1.54) is 57.5 Å². The molecule has 6 nitrogen and oxygen atoms in total. The fourth-order valence-corrected chi connectivity index (χ4v) is 5.55.